The van der Waals surface area contributed by atoms with Crippen LogP contribution in [-0.4, -0.2) is 54.7 Å². The van der Waals surface area contributed by atoms with Gasteiger partial charge in [-0.2, -0.15) is 0 Å². The van der Waals surface area contributed by atoms with Crippen LogP contribution in [0.1, 0.15) is 34.1 Å². The van der Waals surface area contributed by atoms with Crippen molar-refractivity contribution in [3.63, 3.8) is 0 Å². The molecule has 2 amide bonds. The fourth-order valence-electron chi connectivity index (χ4n) is 3.38. The molecule has 1 aromatic carbocycles. The summed E-state index contributed by atoms with van der Waals surface area (Å²) in [5, 5.41) is 9.52. The van der Waals surface area contributed by atoms with Crippen LogP contribution in [0.3, 0.4) is 0 Å². The van der Waals surface area contributed by atoms with Crippen molar-refractivity contribution in [2.24, 2.45) is 5.41 Å². The SMILES string of the molecule is CCC(=O)N(C)c1cc(N2CCN(C(=O)O)C(C(C)(C)C)C2)ccc1N. The Morgan fingerprint density at radius 2 is 1.96 bits per heavy atom. The zero-order valence-electron chi connectivity index (χ0n) is 16.3. The molecule has 1 saturated heterocycles. The molecule has 0 radical (unpaired) electrons. The molecule has 7 heteroatoms. The van der Waals surface area contributed by atoms with E-state index in [1.165, 1.54) is 4.90 Å². The van der Waals surface area contributed by atoms with Crippen LogP contribution < -0.4 is 15.5 Å². The second-order valence-electron chi connectivity index (χ2n) is 7.85. The van der Waals surface area contributed by atoms with Gasteiger partial charge in [0, 0.05) is 38.8 Å². The number of nitrogens with zero attached hydrogens (tertiary/aromatic N) is 3. The number of piperazine rings is 1. The van der Waals surface area contributed by atoms with Gasteiger partial charge in [-0.25, -0.2) is 4.79 Å². The number of rotatable bonds is 3. The van der Waals surface area contributed by atoms with Crippen LogP contribution in [0.4, 0.5) is 21.9 Å². The van der Waals surface area contributed by atoms with E-state index in [2.05, 4.69) is 25.7 Å². The number of amides is 2. The van der Waals surface area contributed by atoms with E-state index in [0.717, 1.165) is 5.69 Å². The van der Waals surface area contributed by atoms with Crippen molar-refractivity contribution in [1.82, 2.24) is 4.90 Å². The quantitative estimate of drug-likeness (QED) is 0.807. The average Bonchev–Trinajstić information content (AvgIpc) is 2.59. The maximum atomic E-state index is 12.0. The van der Waals surface area contributed by atoms with Gasteiger partial charge < -0.3 is 25.5 Å². The van der Waals surface area contributed by atoms with Crippen LogP contribution in [0.2, 0.25) is 0 Å². The van der Waals surface area contributed by atoms with Crippen LogP contribution in [0.15, 0.2) is 18.2 Å². The number of carbonyl (C=O) groups excluding carboxylic acids is 1. The first-order valence-corrected chi connectivity index (χ1v) is 8.96. The van der Waals surface area contributed by atoms with Gasteiger partial charge in [0.2, 0.25) is 5.91 Å². The molecule has 0 aromatic heterocycles. The highest BCUT2D eigenvalue weighted by Crippen LogP contribution is 2.33. The monoisotopic (exact) mass is 362 g/mol. The summed E-state index contributed by atoms with van der Waals surface area (Å²) in [6, 6.07) is 5.53. The molecule has 7 nitrogen and oxygen atoms in total. The lowest BCUT2D eigenvalue weighted by Gasteiger charge is -2.46. The Kier molecular flexibility index (Phi) is 5.68. The highest BCUT2D eigenvalue weighted by atomic mass is 16.4. The maximum Gasteiger partial charge on any atom is 0.407 e. The summed E-state index contributed by atoms with van der Waals surface area (Å²) in [4.78, 5) is 28.9. The highest BCUT2D eigenvalue weighted by Gasteiger charge is 2.38. The first-order chi connectivity index (χ1) is 12.1. The van der Waals surface area contributed by atoms with E-state index in [1.807, 2.05) is 19.1 Å². The molecule has 2 rings (SSSR count). The third kappa shape index (κ3) is 4.03. The lowest BCUT2D eigenvalue weighted by molar-refractivity contribution is -0.118. The second-order valence-corrected chi connectivity index (χ2v) is 7.85. The van der Waals surface area contributed by atoms with E-state index >= 15 is 0 Å². The molecule has 144 valence electrons. The van der Waals surface area contributed by atoms with Crippen molar-refractivity contribution in [2.45, 2.75) is 40.2 Å². The fourth-order valence-corrected chi connectivity index (χ4v) is 3.38. The lowest BCUT2D eigenvalue weighted by Crippen LogP contribution is -2.59. The predicted molar refractivity (Wildman–Crippen MR) is 105 cm³/mol. The molecule has 3 N–H and O–H groups in total. The number of hydrogen-bond acceptors (Lipinski definition) is 4. The molecule has 1 atom stereocenters. The predicted octanol–water partition coefficient (Wildman–Crippen LogP) is 2.86. The molecule has 0 aliphatic carbocycles. The smallest absolute Gasteiger partial charge is 0.407 e. The lowest BCUT2D eigenvalue weighted by atomic mass is 9.84. The van der Waals surface area contributed by atoms with Crippen molar-refractivity contribution in [3.8, 4) is 0 Å². The molecule has 0 spiro atoms. The normalized spacial score (nSPS) is 18.0. The Bertz CT molecular complexity index is 684. The summed E-state index contributed by atoms with van der Waals surface area (Å²) in [5.74, 6) is -0.00267. The van der Waals surface area contributed by atoms with Crippen molar-refractivity contribution < 1.29 is 14.7 Å². The topological polar surface area (TPSA) is 90.1 Å². The van der Waals surface area contributed by atoms with Gasteiger partial charge in [-0.15, -0.1) is 0 Å². The Labute approximate surface area is 155 Å². The number of anilines is 3. The third-order valence-corrected chi connectivity index (χ3v) is 5.04. The minimum Gasteiger partial charge on any atom is -0.465 e. The van der Waals surface area contributed by atoms with E-state index in [0.29, 0.717) is 37.4 Å². The number of carboxylic acid groups (broad SMARTS) is 1. The minimum absolute atomic E-state index is 0.00267. The average molecular weight is 362 g/mol. The Balaban J connectivity index is 2.31. The van der Waals surface area contributed by atoms with Crippen molar-refractivity contribution in [1.29, 1.82) is 0 Å². The Morgan fingerprint density at radius 3 is 2.50 bits per heavy atom. The summed E-state index contributed by atoms with van der Waals surface area (Å²) in [6.45, 7) is 9.63. The van der Waals surface area contributed by atoms with Gasteiger partial charge in [0.25, 0.3) is 0 Å². The summed E-state index contributed by atoms with van der Waals surface area (Å²) < 4.78 is 0. The summed E-state index contributed by atoms with van der Waals surface area (Å²) in [6.07, 6.45) is -0.473. The third-order valence-electron chi connectivity index (χ3n) is 5.04. The first-order valence-electron chi connectivity index (χ1n) is 8.96. The largest absolute Gasteiger partial charge is 0.465 e. The first kappa shape index (κ1) is 19.9. The van der Waals surface area contributed by atoms with Gasteiger partial charge in [-0.1, -0.05) is 27.7 Å². The van der Waals surface area contributed by atoms with Gasteiger partial charge in [-0.3, -0.25) is 4.79 Å². The molecule has 0 saturated carbocycles. The molecule has 1 aromatic rings. The molecule has 0 bridgehead atoms. The number of hydrogen-bond donors (Lipinski definition) is 2. The van der Waals surface area contributed by atoms with E-state index in [1.54, 1.807) is 18.0 Å². The van der Waals surface area contributed by atoms with Crippen LogP contribution >= 0.6 is 0 Å². The fraction of sp³-hybridized carbons (Fsp3) is 0.579. The number of nitrogen functional groups attached to an aromatic ring is 1. The molecular weight excluding hydrogens is 332 g/mol. The number of nitrogens with two attached hydrogens (primary N) is 1. The Hall–Kier alpha value is -2.44. The summed E-state index contributed by atoms with van der Waals surface area (Å²) in [5.41, 5.74) is 8.08. The van der Waals surface area contributed by atoms with Crippen LogP contribution in [0.5, 0.6) is 0 Å². The van der Waals surface area contributed by atoms with Crippen LogP contribution in [-0.2, 0) is 4.79 Å². The van der Waals surface area contributed by atoms with E-state index in [4.69, 9.17) is 5.73 Å². The van der Waals surface area contributed by atoms with Gasteiger partial charge in [0.15, 0.2) is 0 Å². The molecule has 1 heterocycles. The van der Waals surface area contributed by atoms with Crippen molar-refractivity contribution >= 4 is 29.1 Å². The molecule has 1 aliphatic rings. The highest BCUT2D eigenvalue weighted by molar-refractivity contribution is 5.96. The van der Waals surface area contributed by atoms with E-state index in [-0.39, 0.29) is 17.4 Å². The molecule has 1 aliphatic heterocycles. The van der Waals surface area contributed by atoms with Gasteiger partial charge in [0.1, 0.15) is 0 Å². The van der Waals surface area contributed by atoms with Crippen molar-refractivity contribution in [2.75, 3.05) is 42.2 Å². The van der Waals surface area contributed by atoms with E-state index in [9.17, 15) is 14.7 Å². The molecule has 26 heavy (non-hydrogen) atoms. The molecular formula is C19H30N4O3. The van der Waals surface area contributed by atoms with Gasteiger partial charge in [-0.05, 0) is 23.6 Å². The van der Waals surface area contributed by atoms with Crippen LogP contribution in [0.25, 0.3) is 0 Å². The molecule has 1 unspecified atom stereocenters. The summed E-state index contributed by atoms with van der Waals surface area (Å²) in [7, 11) is 1.72. The number of benzene rings is 1. The number of carbonyl (C=O) groups is 2. The zero-order valence-corrected chi connectivity index (χ0v) is 16.3. The summed E-state index contributed by atoms with van der Waals surface area (Å²) >= 11 is 0. The second kappa shape index (κ2) is 7.43. The van der Waals surface area contributed by atoms with Gasteiger partial charge >= 0.3 is 6.09 Å². The minimum atomic E-state index is -0.879. The standard InChI is InChI=1S/C19H30N4O3/c1-6-17(24)21(5)15-11-13(7-8-14(15)20)22-9-10-23(18(25)26)16(12-22)19(2,3)4/h7-8,11,16H,6,9-10,12,20H2,1-5H3,(H,25,26). The maximum absolute atomic E-state index is 12.0. The van der Waals surface area contributed by atoms with Crippen LogP contribution in [0, 0.1) is 5.41 Å². The van der Waals surface area contributed by atoms with Gasteiger partial charge in [0.05, 0.1) is 17.4 Å². The molecule has 1 fully saturated rings. The Morgan fingerprint density at radius 1 is 1.31 bits per heavy atom. The zero-order chi connectivity index (χ0) is 19.6. The van der Waals surface area contributed by atoms with E-state index < -0.39 is 6.09 Å². The van der Waals surface area contributed by atoms with Crippen molar-refractivity contribution in [3.05, 3.63) is 18.2 Å².